The summed E-state index contributed by atoms with van der Waals surface area (Å²) in [5.74, 6) is 1.44. The van der Waals surface area contributed by atoms with Crippen molar-refractivity contribution in [2.75, 3.05) is 5.32 Å². The van der Waals surface area contributed by atoms with Crippen molar-refractivity contribution < 1.29 is 9.53 Å². The van der Waals surface area contributed by atoms with Gasteiger partial charge in [0.1, 0.15) is 0 Å². The van der Waals surface area contributed by atoms with Crippen LogP contribution in [-0.4, -0.2) is 18.1 Å². The highest BCUT2D eigenvalue weighted by Gasteiger charge is 2.60. The highest BCUT2D eigenvalue weighted by molar-refractivity contribution is 5.93. The standard InChI is InChI=1S/C15H17NO2/c17-15(16-10-4-2-1-3-5-10)12-8-9-6-7-11(12)14-13(9)18-14/h1-5,9,11-14H,6-8H2,(H,16,17)/t9-,11+,12+,13-,14+/m1/s1. The second-order valence-electron chi connectivity index (χ2n) is 5.76. The number of benzene rings is 1. The van der Waals surface area contributed by atoms with Gasteiger partial charge >= 0.3 is 0 Å². The van der Waals surface area contributed by atoms with E-state index in [0.29, 0.717) is 24.0 Å². The molecule has 1 saturated heterocycles. The van der Waals surface area contributed by atoms with Gasteiger partial charge in [-0.15, -0.1) is 0 Å². The Kier molecular flexibility index (Phi) is 2.24. The SMILES string of the molecule is O=C(Nc1ccccc1)[C@H]1C[C@H]2CC[C@@H]1[C@@H]1O[C@H]21. The van der Waals surface area contributed by atoms with Gasteiger partial charge in [0.25, 0.3) is 0 Å². The first-order valence-corrected chi connectivity index (χ1v) is 6.84. The normalized spacial score (nSPS) is 40.1. The molecule has 2 bridgehead atoms. The predicted molar refractivity (Wildman–Crippen MR) is 68.1 cm³/mol. The number of fused-ring (bicyclic) bond motifs is 2. The van der Waals surface area contributed by atoms with Gasteiger partial charge in [0.2, 0.25) is 5.91 Å². The zero-order valence-corrected chi connectivity index (χ0v) is 10.2. The van der Waals surface area contributed by atoms with Gasteiger partial charge in [0.05, 0.1) is 12.2 Å². The molecular weight excluding hydrogens is 226 g/mol. The maximum Gasteiger partial charge on any atom is 0.227 e. The third-order valence-corrected chi connectivity index (χ3v) is 4.77. The maximum absolute atomic E-state index is 12.4. The molecule has 3 saturated carbocycles. The summed E-state index contributed by atoms with van der Waals surface area (Å²) in [5.41, 5.74) is 0.900. The molecule has 3 aliphatic carbocycles. The maximum atomic E-state index is 12.4. The number of hydrogen-bond donors (Lipinski definition) is 1. The van der Waals surface area contributed by atoms with E-state index in [9.17, 15) is 4.79 Å². The van der Waals surface area contributed by atoms with Crippen molar-refractivity contribution in [2.45, 2.75) is 31.5 Å². The fourth-order valence-electron chi connectivity index (χ4n) is 3.84. The van der Waals surface area contributed by atoms with Crippen LogP contribution in [0, 0.1) is 17.8 Å². The van der Waals surface area contributed by atoms with Crippen LogP contribution in [0.3, 0.4) is 0 Å². The van der Waals surface area contributed by atoms with Crippen LogP contribution in [0.25, 0.3) is 0 Å². The lowest BCUT2D eigenvalue weighted by molar-refractivity contribution is -0.124. The van der Waals surface area contributed by atoms with Gasteiger partial charge in [0.15, 0.2) is 0 Å². The summed E-state index contributed by atoms with van der Waals surface area (Å²) in [7, 11) is 0. The minimum absolute atomic E-state index is 0.160. The van der Waals surface area contributed by atoms with Gasteiger partial charge in [-0.25, -0.2) is 0 Å². The summed E-state index contributed by atoms with van der Waals surface area (Å²) in [6.45, 7) is 0. The topological polar surface area (TPSA) is 41.6 Å². The van der Waals surface area contributed by atoms with E-state index < -0.39 is 0 Å². The van der Waals surface area contributed by atoms with E-state index in [2.05, 4.69) is 5.32 Å². The molecule has 5 rings (SSSR count). The van der Waals surface area contributed by atoms with Crippen molar-refractivity contribution in [3.05, 3.63) is 30.3 Å². The molecule has 4 fully saturated rings. The summed E-state index contributed by atoms with van der Waals surface area (Å²) in [6, 6.07) is 9.73. The molecular formula is C15H17NO2. The molecule has 1 aromatic rings. The number of carbonyl (C=O) groups is 1. The van der Waals surface area contributed by atoms with E-state index in [1.54, 1.807) is 0 Å². The van der Waals surface area contributed by atoms with Crippen LogP contribution in [0.5, 0.6) is 0 Å². The Morgan fingerprint density at radius 2 is 2.00 bits per heavy atom. The van der Waals surface area contributed by atoms with Crippen LogP contribution < -0.4 is 5.32 Å². The Bertz CT molecular complexity index is 473. The van der Waals surface area contributed by atoms with Gasteiger partial charge in [0, 0.05) is 11.6 Å². The number of carbonyl (C=O) groups excluding carboxylic acids is 1. The summed E-state index contributed by atoms with van der Waals surface area (Å²) in [6.07, 6.45) is 4.32. The van der Waals surface area contributed by atoms with Crippen LogP contribution in [-0.2, 0) is 9.53 Å². The first-order chi connectivity index (χ1) is 8.83. The van der Waals surface area contributed by atoms with E-state index in [-0.39, 0.29) is 11.8 Å². The molecule has 0 spiro atoms. The van der Waals surface area contributed by atoms with E-state index in [0.717, 1.165) is 12.1 Å². The second-order valence-corrected chi connectivity index (χ2v) is 5.76. The van der Waals surface area contributed by atoms with Crippen LogP contribution >= 0.6 is 0 Å². The number of para-hydroxylation sites is 1. The second kappa shape index (κ2) is 3.82. The van der Waals surface area contributed by atoms with Crippen molar-refractivity contribution in [3.8, 4) is 0 Å². The number of epoxide rings is 1. The van der Waals surface area contributed by atoms with Crippen LogP contribution in [0.4, 0.5) is 5.69 Å². The molecule has 0 aromatic heterocycles. The van der Waals surface area contributed by atoms with Gasteiger partial charge in [-0.05, 0) is 43.2 Å². The molecule has 3 heteroatoms. The van der Waals surface area contributed by atoms with E-state index in [1.807, 2.05) is 30.3 Å². The third kappa shape index (κ3) is 1.57. The van der Waals surface area contributed by atoms with E-state index in [1.165, 1.54) is 12.8 Å². The van der Waals surface area contributed by atoms with E-state index in [4.69, 9.17) is 4.74 Å². The quantitative estimate of drug-likeness (QED) is 0.811. The number of nitrogens with one attached hydrogen (secondary N) is 1. The average molecular weight is 243 g/mol. The lowest BCUT2D eigenvalue weighted by Gasteiger charge is -2.38. The Morgan fingerprint density at radius 1 is 1.17 bits per heavy atom. The van der Waals surface area contributed by atoms with Crippen LogP contribution in [0.2, 0.25) is 0 Å². The fraction of sp³-hybridized carbons (Fsp3) is 0.533. The van der Waals surface area contributed by atoms with Crippen LogP contribution in [0.15, 0.2) is 30.3 Å². The Hall–Kier alpha value is -1.35. The summed E-state index contributed by atoms with van der Waals surface area (Å²) in [4.78, 5) is 12.4. The molecule has 5 atom stereocenters. The van der Waals surface area contributed by atoms with Crippen molar-refractivity contribution in [1.82, 2.24) is 0 Å². The molecule has 4 aliphatic rings. The molecule has 1 amide bonds. The summed E-state index contributed by atoms with van der Waals surface area (Å²) >= 11 is 0. The predicted octanol–water partition coefficient (Wildman–Crippen LogP) is 2.44. The largest absolute Gasteiger partial charge is 0.369 e. The monoisotopic (exact) mass is 243 g/mol. The Morgan fingerprint density at radius 3 is 2.78 bits per heavy atom. The fourth-order valence-corrected chi connectivity index (χ4v) is 3.84. The molecule has 18 heavy (non-hydrogen) atoms. The van der Waals surface area contributed by atoms with E-state index >= 15 is 0 Å². The van der Waals surface area contributed by atoms with Gasteiger partial charge in [-0.2, -0.15) is 0 Å². The highest BCUT2D eigenvalue weighted by Crippen LogP contribution is 2.55. The van der Waals surface area contributed by atoms with Crippen molar-refractivity contribution in [3.63, 3.8) is 0 Å². The molecule has 0 radical (unpaired) electrons. The number of amides is 1. The molecule has 1 aliphatic heterocycles. The highest BCUT2D eigenvalue weighted by atomic mass is 16.6. The zero-order chi connectivity index (χ0) is 12.1. The number of anilines is 1. The number of ether oxygens (including phenoxy) is 1. The van der Waals surface area contributed by atoms with Gasteiger partial charge in [-0.3, -0.25) is 4.79 Å². The molecule has 94 valence electrons. The lowest BCUT2D eigenvalue weighted by atomic mass is 9.64. The zero-order valence-electron chi connectivity index (χ0n) is 10.2. The first-order valence-electron chi connectivity index (χ1n) is 6.84. The van der Waals surface area contributed by atoms with Crippen molar-refractivity contribution in [2.24, 2.45) is 17.8 Å². The van der Waals surface area contributed by atoms with Gasteiger partial charge in [-0.1, -0.05) is 18.2 Å². The molecule has 1 heterocycles. The number of rotatable bonds is 2. The van der Waals surface area contributed by atoms with Crippen molar-refractivity contribution >= 4 is 11.6 Å². The average Bonchev–Trinajstić information content (AvgIpc) is 3.22. The number of hydrogen-bond acceptors (Lipinski definition) is 2. The third-order valence-electron chi connectivity index (χ3n) is 4.77. The summed E-state index contributed by atoms with van der Waals surface area (Å²) < 4.78 is 5.72. The van der Waals surface area contributed by atoms with Gasteiger partial charge < -0.3 is 10.1 Å². The van der Waals surface area contributed by atoms with Crippen molar-refractivity contribution in [1.29, 1.82) is 0 Å². The lowest BCUT2D eigenvalue weighted by Crippen LogP contribution is -2.43. The Labute approximate surface area is 107 Å². The minimum Gasteiger partial charge on any atom is -0.369 e. The summed E-state index contributed by atoms with van der Waals surface area (Å²) in [5, 5.41) is 3.04. The molecule has 0 unspecified atom stereocenters. The molecule has 1 N–H and O–H groups in total. The first kappa shape index (κ1) is 10.6. The van der Waals surface area contributed by atoms with Crippen LogP contribution in [0.1, 0.15) is 19.3 Å². The Balaban J connectivity index is 1.49. The smallest absolute Gasteiger partial charge is 0.227 e. The molecule has 1 aromatic carbocycles. The minimum atomic E-state index is 0.160. The molecule has 3 nitrogen and oxygen atoms in total.